The number of nitrogens with one attached hydrogen (secondary N) is 1. The number of thiazole rings is 1. The van der Waals surface area contributed by atoms with Crippen molar-refractivity contribution < 1.29 is 18.4 Å². The van der Waals surface area contributed by atoms with E-state index in [1.165, 1.54) is 11.0 Å². The van der Waals surface area contributed by atoms with Gasteiger partial charge in [0, 0.05) is 30.3 Å². The lowest BCUT2D eigenvalue weighted by Crippen LogP contribution is -2.38. The summed E-state index contributed by atoms with van der Waals surface area (Å²) in [6, 6.07) is 3.45. The van der Waals surface area contributed by atoms with E-state index in [0.29, 0.717) is 32.5 Å². The second-order valence-electron chi connectivity index (χ2n) is 7.33. The lowest BCUT2D eigenvalue weighted by molar-refractivity contribution is -0.122. The maximum atomic E-state index is 13.9. The largest absolute Gasteiger partial charge is 0.350 e. The first-order valence-corrected chi connectivity index (χ1v) is 10.4. The van der Waals surface area contributed by atoms with Crippen LogP contribution in [0, 0.1) is 17.6 Å². The summed E-state index contributed by atoms with van der Waals surface area (Å²) in [4.78, 5) is 30.3. The van der Waals surface area contributed by atoms with Gasteiger partial charge >= 0.3 is 0 Å². The van der Waals surface area contributed by atoms with Crippen LogP contribution >= 0.6 is 11.3 Å². The minimum Gasteiger partial charge on any atom is -0.350 e. The molecule has 2 aromatic rings. The van der Waals surface area contributed by atoms with Gasteiger partial charge in [0.1, 0.15) is 17.2 Å². The molecule has 1 aromatic carbocycles. The second kappa shape index (κ2) is 7.95. The zero-order chi connectivity index (χ0) is 19.7. The van der Waals surface area contributed by atoms with E-state index in [0.717, 1.165) is 35.7 Å². The SMILES string of the molecule is O=C(NCc1csc(C2CCN(C(=O)c3c(F)cccc3F)CC2)n1)C1CC1. The van der Waals surface area contributed by atoms with Gasteiger partial charge in [-0.15, -0.1) is 11.3 Å². The monoisotopic (exact) mass is 405 g/mol. The lowest BCUT2D eigenvalue weighted by atomic mass is 9.97. The molecule has 148 valence electrons. The number of aromatic nitrogens is 1. The number of piperidine rings is 1. The normalized spacial score (nSPS) is 17.6. The summed E-state index contributed by atoms with van der Waals surface area (Å²) in [7, 11) is 0. The number of amides is 2. The van der Waals surface area contributed by atoms with Gasteiger partial charge in [-0.05, 0) is 37.8 Å². The van der Waals surface area contributed by atoms with Crippen LogP contribution in [-0.2, 0) is 11.3 Å². The number of carbonyl (C=O) groups is 2. The van der Waals surface area contributed by atoms with E-state index in [4.69, 9.17) is 0 Å². The van der Waals surface area contributed by atoms with Crippen molar-refractivity contribution >= 4 is 23.2 Å². The molecule has 0 radical (unpaired) electrons. The summed E-state index contributed by atoms with van der Waals surface area (Å²) in [6.07, 6.45) is 3.34. The fourth-order valence-corrected chi connectivity index (χ4v) is 4.44. The van der Waals surface area contributed by atoms with Crippen molar-refractivity contribution in [2.75, 3.05) is 13.1 Å². The summed E-state index contributed by atoms with van der Waals surface area (Å²) >= 11 is 1.56. The summed E-state index contributed by atoms with van der Waals surface area (Å²) in [5, 5.41) is 5.85. The molecule has 1 saturated heterocycles. The first-order valence-electron chi connectivity index (χ1n) is 9.48. The van der Waals surface area contributed by atoms with E-state index in [2.05, 4.69) is 10.3 Å². The summed E-state index contributed by atoms with van der Waals surface area (Å²) in [5.74, 6) is -1.76. The van der Waals surface area contributed by atoms with Gasteiger partial charge in [-0.3, -0.25) is 9.59 Å². The highest BCUT2D eigenvalue weighted by Gasteiger charge is 2.30. The van der Waals surface area contributed by atoms with Gasteiger partial charge in [0.25, 0.3) is 5.91 Å². The Labute approximate surface area is 165 Å². The quantitative estimate of drug-likeness (QED) is 0.829. The van der Waals surface area contributed by atoms with Crippen molar-refractivity contribution in [3.8, 4) is 0 Å². The smallest absolute Gasteiger partial charge is 0.259 e. The van der Waals surface area contributed by atoms with Crippen LogP contribution in [0.2, 0.25) is 0 Å². The van der Waals surface area contributed by atoms with Crippen molar-refractivity contribution in [3.63, 3.8) is 0 Å². The lowest BCUT2D eigenvalue weighted by Gasteiger charge is -2.31. The molecule has 2 fully saturated rings. The minimum atomic E-state index is -0.829. The third-order valence-electron chi connectivity index (χ3n) is 5.27. The zero-order valence-electron chi connectivity index (χ0n) is 15.3. The zero-order valence-corrected chi connectivity index (χ0v) is 16.1. The second-order valence-corrected chi connectivity index (χ2v) is 8.22. The number of likely N-dealkylation sites (tertiary alicyclic amines) is 1. The van der Waals surface area contributed by atoms with Crippen LogP contribution in [0.5, 0.6) is 0 Å². The van der Waals surface area contributed by atoms with E-state index in [9.17, 15) is 18.4 Å². The third kappa shape index (κ3) is 4.06. The molecule has 2 heterocycles. The standard InChI is InChI=1S/C20H21F2N3O2S/c21-15-2-1-3-16(22)17(15)20(27)25-8-6-13(7-9-25)19-24-14(11-28-19)10-23-18(26)12-4-5-12/h1-3,11-13H,4-10H2,(H,23,26). The predicted octanol–water partition coefficient (Wildman–Crippen LogP) is 3.47. The van der Waals surface area contributed by atoms with E-state index in [1.807, 2.05) is 5.38 Å². The maximum Gasteiger partial charge on any atom is 0.259 e. The fraction of sp³-hybridized carbons (Fsp3) is 0.450. The third-order valence-corrected chi connectivity index (χ3v) is 6.33. The molecule has 2 amide bonds. The molecule has 4 rings (SSSR count). The van der Waals surface area contributed by atoms with Crippen molar-refractivity contribution in [1.82, 2.24) is 15.2 Å². The molecule has 1 N–H and O–H groups in total. The Morgan fingerprint density at radius 3 is 2.46 bits per heavy atom. The topological polar surface area (TPSA) is 62.3 Å². The van der Waals surface area contributed by atoms with Gasteiger partial charge in [-0.1, -0.05) is 6.07 Å². The Bertz CT molecular complexity index is 869. The molecule has 1 aliphatic heterocycles. The van der Waals surface area contributed by atoms with Gasteiger partial charge < -0.3 is 10.2 Å². The highest BCUT2D eigenvalue weighted by Crippen LogP contribution is 2.32. The molecular formula is C20H21F2N3O2S. The highest BCUT2D eigenvalue weighted by atomic mass is 32.1. The summed E-state index contributed by atoms with van der Waals surface area (Å²) < 4.78 is 27.7. The Morgan fingerprint density at radius 2 is 1.82 bits per heavy atom. The number of carbonyl (C=O) groups excluding carboxylic acids is 2. The van der Waals surface area contributed by atoms with E-state index in [-0.39, 0.29) is 17.7 Å². The molecule has 8 heteroatoms. The Morgan fingerprint density at radius 1 is 1.14 bits per heavy atom. The van der Waals surface area contributed by atoms with Gasteiger partial charge in [0.2, 0.25) is 5.91 Å². The molecule has 5 nitrogen and oxygen atoms in total. The van der Waals surface area contributed by atoms with Gasteiger partial charge in [-0.2, -0.15) is 0 Å². The average Bonchev–Trinajstić information content (AvgIpc) is 3.44. The molecule has 0 unspecified atom stereocenters. The number of nitrogens with zero attached hydrogens (tertiary/aromatic N) is 2. The van der Waals surface area contributed by atoms with Crippen LogP contribution < -0.4 is 5.32 Å². The maximum absolute atomic E-state index is 13.9. The van der Waals surface area contributed by atoms with Crippen molar-refractivity contribution in [2.24, 2.45) is 5.92 Å². The van der Waals surface area contributed by atoms with Crippen LogP contribution in [0.15, 0.2) is 23.6 Å². The van der Waals surface area contributed by atoms with Crippen LogP contribution in [0.4, 0.5) is 8.78 Å². The molecule has 1 aliphatic carbocycles. The van der Waals surface area contributed by atoms with E-state index >= 15 is 0 Å². The molecule has 0 atom stereocenters. The van der Waals surface area contributed by atoms with Crippen LogP contribution in [-0.4, -0.2) is 34.8 Å². The highest BCUT2D eigenvalue weighted by molar-refractivity contribution is 7.09. The van der Waals surface area contributed by atoms with Gasteiger partial charge in [-0.25, -0.2) is 13.8 Å². The van der Waals surface area contributed by atoms with Crippen molar-refractivity contribution in [3.05, 3.63) is 51.5 Å². The van der Waals surface area contributed by atoms with Gasteiger partial charge in [0.05, 0.1) is 17.2 Å². The number of benzene rings is 1. The minimum absolute atomic E-state index is 0.0988. The van der Waals surface area contributed by atoms with Crippen LogP contribution in [0.3, 0.4) is 0 Å². The molecule has 0 bridgehead atoms. The fourth-order valence-electron chi connectivity index (χ4n) is 3.45. The van der Waals surface area contributed by atoms with E-state index in [1.54, 1.807) is 11.3 Å². The summed E-state index contributed by atoms with van der Waals surface area (Å²) in [6.45, 7) is 1.31. The molecule has 2 aliphatic rings. The van der Waals surface area contributed by atoms with E-state index < -0.39 is 23.1 Å². The molecule has 1 saturated carbocycles. The van der Waals surface area contributed by atoms with Crippen molar-refractivity contribution in [1.29, 1.82) is 0 Å². The molecule has 28 heavy (non-hydrogen) atoms. The van der Waals surface area contributed by atoms with Gasteiger partial charge in [0.15, 0.2) is 0 Å². The van der Waals surface area contributed by atoms with Crippen LogP contribution in [0.25, 0.3) is 0 Å². The first kappa shape index (κ1) is 19.0. The Hall–Kier alpha value is -2.35. The number of hydrogen-bond donors (Lipinski definition) is 1. The average molecular weight is 405 g/mol. The molecule has 0 spiro atoms. The number of rotatable bonds is 5. The number of halogens is 2. The Balaban J connectivity index is 1.33. The molecule has 1 aromatic heterocycles. The first-order chi connectivity index (χ1) is 13.5. The Kier molecular flexibility index (Phi) is 5.39. The molecular weight excluding hydrogens is 384 g/mol. The van der Waals surface area contributed by atoms with Crippen LogP contribution in [0.1, 0.15) is 52.7 Å². The summed E-state index contributed by atoms with van der Waals surface area (Å²) in [5.41, 5.74) is 0.366. The van der Waals surface area contributed by atoms with Crippen molar-refractivity contribution in [2.45, 2.75) is 38.1 Å². The predicted molar refractivity (Wildman–Crippen MR) is 101 cm³/mol. The number of hydrogen-bond acceptors (Lipinski definition) is 4.